The molecule has 0 aliphatic heterocycles. The molecule has 0 unspecified atom stereocenters. The minimum absolute atomic E-state index is 0.392. The molecule has 12 nitrogen and oxygen atoms in total. The Morgan fingerprint density at radius 2 is 0.606 bits per heavy atom. The number of hydrogen-bond acceptors (Lipinski definition) is 12. The standard InChI is InChI=1S/C21H15N3O9/c25-10-4-1-5-11(26)16(10)31-19-22-20(32-17-12(27)6-2-7-13(17)28)24-21(23-19)33-18-14(29)8-3-9-15(18)30/h1-9,25-30H. The normalized spacial score (nSPS) is 10.5. The third-order valence-corrected chi connectivity index (χ3v) is 4.07. The van der Waals surface area contributed by atoms with Crippen molar-refractivity contribution in [3.8, 4) is 69.8 Å². The SMILES string of the molecule is Oc1cccc(O)c1Oc1nc(Oc2c(O)cccc2O)nc(Oc2c(O)cccc2O)n1. The van der Waals surface area contributed by atoms with Gasteiger partial charge < -0.3 is 44.8 Å². The van der Waals surface area contributed by atoms with Crippen molar-refractivity contribution in [3.63, 3.8) is 0 Å². The van der Waals surface area contributed by atoms with Crippen LogP contribution in [0.15, 0.2) is 54.6 Å². The van der Waals surface area contributed by atoms with Gasteiger partial charge in [-0.25, -0.2) is 0 Å². The molecule has 12 heteroatoms. The van der Waals surface area contributed by atoms with E-state index in [1.165, 1.54) is 54.6 Å². The zero-order valence-electron chi connectivity index (χ0n) is 16.4. The summed E-state index contributed by atoms with van der Waals surface area (Å²) in [6.45, 7) is 0. The number of hydrogen-bond donors (Lipinski definition) is 6. The van der Waals surface area contributed by atoms with Gasteiger partial charge in [0.1, 0.15) is 0 Å². The molecule has 0 radical (unpaired) electrons. The summed E-state index contributed by atoms with van der Waals surface area (Å²) in [6.07, 6.45) is 0. The molecule has 168 valence electrons. The van der Waals surface area contributed by atoms with Crippen molar-refractivity contribution in [2.24, 2.45) is 0 Å². The van der Waals surface area contributed by atoms with E-state index < -0.39 is 69.8 Å². The van der Waals surface area contributed by atoms with Crippen LogP contribution in [0.25, 0.3) is 0 Å². The van der Waals surface area contributed by atoms with Gasteiger partial charge >= 0.3 is 18.0 Å². The van der Waals surface area contributed by atoms with Gasteiger partial charge in [0.05, 0.1) is 0 Å². The van der Waals surface area contributed by atoms with Crippen molar-refractivity contribution in [2.75, 3.05) is 0 Å². The van der Waals surface area contributed by atoms with Crippen LogP contribution in [0.2, 0.25) is 0 Å². The number of para-hydroxylation sites is 3. The molecule has 6 N–H and O–H groups in total. The van der Waals surface area contributed by atoms with Crippen molar-refractivity contribution in [1.29, 1.82) is 0 Å². The molecule has 0 fully saturated rings. The number of aromatic hydroxyl groups is 6. The van der Waals surface area contributed by atoms with Gasteiger partial charge in [0, 0.05) is 0 Å². The molecule has 0 saturated carbocycles. The summed E-state index contributed by atoms with van der Waals surface area (Å²) in [5, 5.41) is 59.7. The summed E-state index contributed by atoms with van der Waals surface area (Å²) in [4.78, 5) is 11.6. The molecular weight excluding hydrogens is 438 g/mol. The Labute approximate surface area is 184 Å². The minimum Gasteiger partial charge on any atom is -0.504 e. The summed E-state index contributed by atoms with van der Waals surface area (Å²) >= 11 is 0. The van der Waals surface area contributed by atoms with Gasteiger partial charge in [-0.15, -0.1) is 15.0 Å². The third-order valence-electron chi connectivity index (χ3n) is 4.07. The van der Waals surface area contributed by atoms with Crippen LogP contribution in [0.5, 0.6) is 69.8 Å². The first kappa shape index (κ1) is 21.1. The van der Waals surface area contributed by atoms with Crippen molar-refractivity contribution in [2.45, 2.75) is 0 Å². The second-order valence-corrected chi connectivity index (χ2v) is 6.37. The molecule has 0 aliphatic rings. The van der Waals surface area contributed by atoms with Gasteiger partial charge in [0.2, 0.25) is 17.2 Å². The Morgan fingerprint density at radius 1 is 0.394 bits per heavy atom. The van der Waals surface area contributed by atoms with E-state index in [1.54, 1.807) is 0 Å². The average Bonchev–Trinajstić information content (AvgIpc) is 2.76. The van der Waals surface area contributed by atoms with Crippen LogP contribution in [0.4, 0.5) is 0 Å². The quantitative estimate of drug-likeness (QED) is 0.250. The number of nitrogens with zero attached hydrogens (tertiary/aromatic N) is 3. The van der Waals surface area contributed by atoms with Gasteiger partial charge in [-0.2, -0.15) is 0 Å². The van der Waals surface area contributed by atoms with Crippen LogP contribution >= 0.6 is 0 Å². The molecule has 0 amide bonds. The summed E-state index contributed by atoms with van der Waals surface area (Å²) in [7, 11) is 0. The maximum Gasteiger partial charge on any atom is 0.331 e. The first-order valence-electron chi connectivity index (χ1n) is 9.14. The minimum atomic E-state index is -0.545. The second kappa shape index (κ2) is 8.55. The molecule has 1 aromatic heterocycles. The Hall–Kier alpha value is -5.13. The molecule has 4 aromatic rings. The molecule has 33 heavy (non-hydrogen) atoms. The van der Waals surface area contributed by atoms with Crippen molar-refractivity contribution in [1.82, 2.24) is 15.0 Å². The monoisotopic (exact) mass is 453 g/mol. The van der Waals surface area contributed by atoms with Crippen LogP contribution in [0.3, 0.4) is 0 Å². The second-order valence-electron chi connectivity index (χ2n) is 6.37. The fourth-order valence-electron chi connectivity index (χ4n) is 2.58. The first-order chi connectivity index (χ1) is 15.8. The Balaban J connectivity index is 1.77. The number of phenolic OH excluding ortho intramolecular Hbond substituents is 6. The topological polar surface area (TPSA) is 188 Å². The number of rotatable bonds is 6. The Bertz CT molecular complexity index is 1100. The molecule has 0 bridgehead atoms. The largest absolute Gasteiger partial charge is 0.504 e. The van der Waals surface area contributed by atoms with Crippen LogP contribution in [-0.2, 0) is 0 Å². The van der Waals surface area contributed by atoms with E-state index in [2.05, 4.69) is 15.0 Å². The van der Waals surface area contributed by atoms with Crippen molar-refractivity contribution < 1.29 is 44.8 Å². The number of aromatic nitrogens is 3. The maximum atomic E-state index is 9.96. The highest BCUT2D eigenvalue weighted by Crippen LogP contribution is 2.42. The summed E-state index contributed by atoms with van der Waals surface area (Å²) in [5.74, 6) is -3.78. The van der Waals surface area contributed by atoms with E-state index >= 15 is 0 Å². The lowest BCUT2D eigenvalue weighted by molar-refractivity contribution is 0.316. The fourth-order valence-corrected chi connectivity index (χ4v) is 2.58. The number of phenols is 6. The molecule has 4 rings (SSSR count). The van der Waals surface area contributed by atoms with Crippen LogP contribution < -0.4 is 14.2 Å². The molecule has 0 saturated heterocycles. The van der Waals surface area contributed by atoms with Gasteiger partial charge in [0.15, 0.2) is 34.5 Å². The van der Waals surface area contributed by atoms with Gasteiger partial charge in [-0.3, -0.25) is 0 Å². The van der Waals surface area contributed by atoms with E-state index in [-0.39, 0.29) is 0 Å². The predicted molar refractivity (Wildman–Crippen MR) is 109 cm³/mol. The lowest BCUT2D eigenvalue weighted by Gasteiger charge is -2.12. The Morgan fingerprint density at radius 3 is 0.818 bits per heavy atom. The molecule has 0 atom stereocenters. The molecule has 3 aromatic carbocycles. The number of benzene rings is 3. The van der Waals surface area contributed by atoms with E-state index in [4.69, 9.17) is 14.2 Å². The van der Waals surface area contributed by atoms with Crippen LogP contribution in [0.1, 0.15) is 0 Å². The van der Waals surface area contributed by atoms with Crippen molar-refractivity contribution in [3.05, 3.63) is 54.6 Å². The van der Waals surface area contributed by atoms with Gasteiger partial charge in [-0.05, 0) is 36.4 Å². The number of ether oxygens (including phenoxy) is 3. The zero-order valence-corrected chi connectivity index (χ0v) is 16.4. The molecule has 0 aliphatic carbocycles. The van der Waals surface area contributed by atoms with Gasteiger partial charge in [-0.1, -0.05) is 18.2 Å². The predicted octanol–water partition coefficient (Wildman–Crippen LogP) is 3.48. The van der Waals surface area contributed by atoms with Crippen molar-refractivity contribution >= 4 is 0 Å². The van der Waals surface area contributed by atoms with E-state index in [9.17, 15) is 30.6 Å². The summed E-state index contributed by atoms with van der Waals surface area (Å²) in [6, 6.07) is 9.93. The molecular formula is C21H15N3O9. The lowest BCUT2D eigenvalue weighted by atomic mass is 10.3. The highest BCUT2D eigenvalue weighted by Gasteiger charge is 2.20. The van der Waals surface area contributed by atoms with Crippen LogP contribution in [-0.4, -0.2) is 45.6 Å². The first-order valence-corrected chi connectivity index (χ1v) is 9.14. The Kier molecular flexibility index (Phi) is 5.47. The third kappa shape index (κ3) is 4.49. The highest BCUT2D eigenvalue weighted by molar-refractivity contribution is 5.52. The lowest BCUT2D eigenvalue weighted by Crippen LogP contribution is -2.02. The maximum absolute atomic E-state index is 9.96. The summed E-state index contributed by atoms with van der Waals surface area (Å²) < 4.78 is 16.0. The smallest absolute Gasteiger partial charge is 0.331 e. The fraction of sp³-hybridized carbons (Fsp3) is 0. The summed E-state index contributed by atoms with van der Waals surface area (Å²) in [5.41, 5.74) is 0. The van der Waals surface area contributed by atoms with Crippen LogP contribution in [0, 0.1) is 0 Å². The molecule has 1 heterocycles. The zero-order chi connectivity index (χ0) is 23.5. The molecule has 0 spiro atoms. The average molecular weight is 453 g/mol. The van der Waals surface area contributed by atoms with E-state index in [0.29, 0.717) is 0 Å². The van der Waals surface area contributed by atoms with Gasteiger partial charge in [0.25, 0.3) is 0 Å². The van der Waals surface area contributed by atoms with E-state index in [1.807, 2.05) is 0 Å². The highest BCUT2D eigenvalue weighted by atomic mass is 16.5. The van der Waals surface area contributed by atoms with E-state index in [0.717, 1.165) is 0 Å².